The number of methoxy groups -OCH3 is 1. The monoisotopic (exact) mass is 329 g/mol. The highest BCUT2D eigenvalue weighted by Gasteiger charge is 2.74. The van der Waals surface area contributed by atoms with E-state index in [9.17, 15) is 14.7 Å². The lowest BCUT2D eigenvalue weighted by atomic mass is 9.65. The molecule has 6 heteroatoms. The van der Waals surface area contributed by atoms with Gasteiger partial charge in [-0.2, -0.15) is 0 Å². The smallest absolute Gasteiger partial charge is 0.310 e. The Labute approximate surface area is 139 Å². The molecule has 0 aromatic heterocycles. The van der Waals surface area contributed by atoms with E-state index in [-0.39, 0.29) is 5.91 Å². The van der Waals surface area contributed by atoms with E-state index in [2.05, 4.69) is 0 Å². The summed E-state index contributed by atoms with van der Waals surface area (Å²) >= 11 is 0. The van der Waals surface area contributed by atoms with Crippen LogP contribution in [0.3, 0.4) is 0 Å². The van der Waals surface area contributed by atoms with E-state index >= 15 is 0 Å². The molecule has 1 aromatic carbocycles. The number of ether oxygens (including phenoxy) is 2. The van der Waals surface area contributed by atoms with E-state index in [4.69, 9.17) is 9.47 Å². The second-order valence-electron chi connectivity index (χ2n) is 6.82. The number of fused-ring (bicyclic) bond motifs is 1. The van der Waals surface area contributed by atoms with Gasteiger partial charge in [-0.15, -0.1) is 0 Å². The van der Waals surface area contributed by atoms with Crippen LogP contribution in [-0.2, 0) is 20.9 Å². The van der Waals surface area contributed by atoms with Gasteiger partial charge < -0.3 is 19.5 Å². The lowest BCUT2D eigenvalue weighted by molar-refractivity contribution is -0.152. The van der Waals surface area contributed by atoms with Crippen molar-refractivity contribution in [2.24, 2.45) is 11.3 Å². The number of likely N-dealkylation sites (tertiary alicyclic amines) is 1. The van der Waals surface area contributed by atoms with Gasteiger partial charge in [0.05, 0.1) is 25.2 Å². The Morgan fingerprint density at radius 1 is 1.46 bits per heavy atom. The number of hydrogen-bond donors (Lipinski definition) is 1. The van der Waals surface area contributed by atoms with Crippen LogP contribution in [0.2, 0.25) is 0 Å². The molecule has 2 saturated heterocycles. The van der Waals surface area contributed by atoms with Crippen LogP contribution in [0.15, 0.2) is 36.4 Å². The average molecular weight is 329 g/mol. The van der Waals surface area contributed by atoms with E-state index < -0.39 is 29.0 Å². The zero-order valence-electron chi connectivity index (χ0n) is 13.6. The third-order valence-corrected chi connectivity index (χ3v) is 5.71. The first kappa shape index (κ1) is 15.2. The Hall–Kier alpha value is -2.34. The Morgan fingerprint density at radius 2 is 2.21 bits per heavy atom. The molecule has 0 radical (unpaired) electrons. The second-order valence-corrected chi connectivity index (χ2v) is 6.82. The molecule has 0 saturated carbocycles. The summed E-state index contributed by atoms with van der Waals surface area (Å²) in [4.78, 5) is 26.5. The summed E-state index contributed by atoms with van der Waals surface area (Å²) in [5.74, 6) is -1.30. The molecule has 4 atom stereocenters. The van der Waals surface area contributed by atoms with Gasteiger partial charge in [0.1, 0.15) is 17.3 Å². The van der Waals surface area contributed by atoms with Gasteiger partial charge >= 0.3 is 5.97 Å². The van der Waals surface area contributed by atoms with Gasteiger partial charge in [-0.1, -0.05) is 30.4 Å². The first-order valence-corrected chi connectivity index (χ1v) is 7.94. The Bertz CT molecular complexity index is 760. The number of aliphatic carboxylic acids is 1. The minimum Gasteiger partial charge on any atom is -0.496 e. The minimum atomic E-state index is -1.07. The summed E-state index contributed by atoms with van der Waals surface area (Å²) in [6, 6.07) is 7.51. The van der Waals surface area contributed by atoms with E-state index in [1.807, 2.05) is 30.3 Å². The minimum absolute atomic E-state index is 0.173. The molecular formula is C18H19NO5. The van der Waals surface area contributed by atoms with Crippen LogP contribution in [0.4, 0.5) is 0 Å². The van der Waals surface area contributed by atoms with E-state index in [0.29, 0.717) is 18.8 Å². The maximum absolute atomic E-state index is 13.1. The van der Waals surface area contributed by atoms with Crippen LogP contribution in [0.5, 0.6) is 5.75 Å². The quantitative estimate of drug-likeness (QED) is 0.846. The van der Waals surface area contributed by atoms with Crippen LogP contribution < -0.4 is 4.74 Å². The highest BCUT2D eigenvalue weighted by atomic mass is 16.5. The number of hydrogen-bond acceptors (Lipinski definition) is 4. The summed E-state index contributed by atoms with van der Waals surface area (Å²) in [7, 11) is 1.59. The lowest BCUT2D eigenvalue weighted by Crippen LogP contribution is -2.49. The molecule has 3 aliphatic heterocycles. The van der Waals surface area contributed by atoms with Crippen molar-refractivity contribution in [3.63, 3.8) is 0 Å². The molecule has 1 amide bonds. The molecular weight excluding hydrogens is 310 g/mol. The number of benzene rings is 1. The number of rotatable bonds is 4. The van der Waals surface area contributed by atoms with Crippen molar-refractivity contribution in [1.82, 2.24) is 4.90 Å². The third kappa shape index (κ3) is 1.69. The summed E-state index contributed by atoms with van der Waals surface area (Å²) < 4.78 is 11.3. The molecule has 6 nitrogen and oxygen atoms in total. The summed E-state index contributed by atoms with van der Waals surface area (Å²) in [5.41, 5.74) is -1.03. The fourth-order valence-corrected chi connectivity index (χ4v) is 4.44. The van der Waals surface area contributed by atoms with Gasteiger partial charge in [-0.05, 0) is 13.0 Å². The van der Waals surface area contributed by atoms with Gasteiger partial charge in [0, 0.05) is 12.1 Å². The first-order chi connectivity index (χ1) is 11.4. The van der Waals surface area contributed by atoms with E-state index in [0.717, 1.165) is 5.56 Å². The Balaban J connectivity index is 1.69. The fraction of sp³-hybridized carbons (Fsp3) is 0.444. The third-order valence-electron chi connectivity index (χ3n) is 5.71. The Morgan fingerprint density at radius 3 is 2.92 bits per heavy atom. The van der Waals surface area contributed by atoms with E-state index in [1.165, 1.54) is 0 Å². The number of nitrogens with zero attached hydrogens (tertiary/aromatic N) is 1. The van der Waals surface area contributed by atoms with Crippen LogP contribution in [0.25, 0.3) is 0 Å². The van der Waals surface area contributed by atoms with Crippen molar-refractivity contribution in [2.75, 3.05) is 13.7 Å². The van der Waals surface area contributed by atoms with Crippen molar-refractivity contribution >= 4 is 11.9 Å². The van der Waals surface area contributed by atoms with Crippen molar-refractivity contribution in [2.45, 2.75) is 25.2 Å². The number of carbonyl (C=O) groups is 2. The van der Waals surface area contributed by atoms with Crippen LogP contribution in [0.1, 0.15) is 12.5 Å². The van der Waals surface area contributed by atoms with Gasteiger partial charge in [0.2, 0.25) is 5.91 Å². The maximum atomic E-state index is 13.1. The molecule has 0 aliphatic carbocycles. The molecule has 4 rings (SSSR count). The fourth-order valence-electron chi connectivity index (χ4n) is 4.44. The zero-order valence-corrected chi connectivity index (χ0v) is 13.6. The van der Waals surface area contributed by atoms with Gasteiger partial charge in [-0.3, -0.25) is 9.59 Å². The molecule has 1 N–H and O–H groups in total. The first-order valence-electron chi connectivity index (χ1n) is 7.94. The van der Waals surface area contributed by atoms with Crippen LogP contribution in [0, 0.1) is 11.3 Å². The lowest BCUT2D eigenvalue weighted by Gasteiger charge is -2.32. The molecule has 2 fully saturated rings. The molecule has 3 aliphatic rings. The molecule has 1 spiro atoms. The van der Waals surface area contributed by atoms with Crippen molar-refractivity contribution < 1.29 is 24.2 Å². The highest BCUT2D eigenvalue weighted by molar-refractivity contribution is 5.94. The van der Waals surface area contributed by atoms with Crippen molar-refractivity contribution in [3.8, 4) is 5.75 Å². The predicted molar refractivity (Wildman–Crippen MR) is 84.4 cm³/mol. The number of carboxylic acid groups (broad SMARTS) is 1. The molecule has 1 aromatic rings. The molecule has 3 heterocycles. The Kier molecular flexibility index (Phi) is 3.06. The molecule has 126 valence electrons. The van der Waals surface area contributed by atoms with Crippen molar-refractivity contribution in [1.29, 1.82) is 0 Å². The summed E-state index contributed by atoms with van der Waals surface area (Å²) in [6.45, 7) is 2.45. The van der Waals surface area contributed by atoms with Gasteiger partial charge in [0.15, 0.2) is 0 Å². The largest absolute Gasteiger partial charge is 0.496 e. The second kappa shape index (κ2) is 4.83. The standard InChI is InChI=1S/C18H19NO5/c1-17-14(15(20)21)13-7-8-18(17,24-13)10-19(16(17)22)9-11-5-3-4-6-12(11)23-2/h3-8,13-14H,9-10H2,1-2H3,(H,20,21)/t13-,14-,17-,18-/m0/s1. The normalized spacial score (nSPS) is 36.2. The maximum Gasteiger partial charge on any atom is 0.310 e. The molecule has 24 heavy (non-hydrogen) atoms. The summed E-state index contributed by atoms with van der Waals surface area (Å²) in [5, 5.41) is 9.62. The number of carbonyl (C=O) groups excluding carboxylic acids is 1. The van der Waals surface area contributed by atoms with Crippen molar-refractivity contribution in [3.05, 3.63) is 42.0 Å². The van der Waals surface area contributed by atoms with Crippen LogP contribution >= 0.6 is 0 Å². The molecule has 0 unspecified atom stereocenters. The number of carboxylic acids is 1. The van der Waals surface area contributed by atoms with Gasteiger partial charge in [0.25, 0.3) is 0 Å². The zero-order chi connectivity index (χ0) is 17.1. The molecule has 2 bridgehead atoms. The van der Waals surface area contributed by atoms with Gasteiger partial charge in [-0.25, -0.2) is 0 Å². The summed E-state index contributed by atoms with van der Waals surface area (Å²) in [6.07, 6.45) is 3.13. The predicted octanol–water partition coefficient (Wildman–Crippen LogP) is 1.45. The average Bonchev–Trinajstić information content (AvgIpc) is 3.14. The SMILES string of the molecule is COc1ccccc1CN1C[C@]23C=C[C@H](O2)[C@@H](C(=O)O)[C@@]3(C)C1=O. The van der Waals surface area contributed by atoms with Crippen LogP contribution in [-0.4, -0.2) is 47.2 Å². The highest BCUT2D eigenvalue weighted by Crippen LogP contribution is 2.60. The van der Waals surface area contributed by atoms with E-state index in [1.54, 1.807) is 25.0 Å². The topological polar surface area (TPSA) is 76.1 Å². The number of para-hydroxylation sites is 1. The number of amides is 1.